The highest BCUT2D eigenvalue weighted by molar-refractivity contribution is 5.85. The molecule has 1 aromatic rings. The van der Waals surface area contributed by atoms with Crippen LogP contribution in [0, 0.1) is 12.3 Å². The average molecular weight is 287 g/mol. The molecule has 0 unspecified atom stereocenters. The molecule has 0 aliphatic carbocycles. The molecule has 110 valence electrons. The van der Waals surface area contributed by atoms with Gasteiger partial charge in [0.05, 0.1) is 7.11 Å². The summed E-state index contributed by atoms with van der Waals surface area (Å²) in [5.74, 6) is 0.948. The van der Waals surface area contributed by atoms with E-state index in [1.165, 1.54) is 11.1 Å². The predicted octanol–water partition coefficient (Wildman–Crippen LogP) is 2.84. The van der Waals surface area contributed by atoms with Crippen molar-refractivity contribution in [2.75, 3.05) is 27.2 Å². The molecule has 0 radical (unpaired) electrons. The number of methoxy groups -OCH3 is 1. The minimum Gasteiger partial charge on any atom is -0.496 e. The number of halogens is 1. The van der Waals surface area contributed by atoms with E-state index in [-0.39, 0.29) is 17.8 Å². The molecular formula is C15H27ClN2O. The Morgan fingerprint density at radius 1 is 1.32 bits per heavy atom. The van der Waals surface area contributed by atoms with Gasteiger partial charge >= 0.3 is 0 Å². The van der Waals surface area contributed by atoms with Gasteiger partial charge in [-0.3, -0.25) is 0 Å². The zero-order valence-electron chi connectivity index (χ0n) is 12.7. The van der Waals surface area contributed by atoms with Crippen LogP contribution >= 0.6 is 12.4 Å². The minimum absolute atomic E-state index is 0. The van der Waals surface area contributed by atoms with Gasteiger partial charge < -0.3 is 15.4 Å². The first-order valence-corrected chi connectivity index (χ1v) is 6.40. The standard InChI is InChI=1S/C15H26N2O.ClH/c1-12-8-13(6-7-14(12)18-5)9-17(4)11-15(2,3)10-16;/h6-8H,9-11,16H2,1-5H3;1H. The molecule has 0 fully saturated rings. The van der Waals surface area contributed by atoms with Crippen molar-refractivity contribution in [2.24, 2.45) is 11.1 Å². The normalized spacial score (nSPS) is 11.3. The fourth-order valence-electron chi connectivity index (χ4n) is 2.20. The van der Waals surface area contributed by atoms with E-state index in [0.717, 1.165) is 18.8 Å². The highest BCUT2D eigenvalue weighted by Crippen LogP contribution is 2.20. The molecular weight excluding hydrogens is 260 g/mol. The Balaban J connectivity index is 0.00000324. The van der Waals surface area contributed by atoms with Gasteiger partial charge in [0.2, 0.25) is 0 Å². The van der Waals surface area contributed by atoms with Crippen LogP contribution < -0.4 is 10.5 Å². The lowest BCUT2D eigenvalue weighted by Gasteiger charge is -2.29. The Labute approximate surface area is 123 Å². The number of nitrogens with zero attached hydrogens (tertiary/aromatic N) is 1. The largest absolute Gasteiger partial charge is 0.496 e. The summed E-state index contributed by atoms with van der Waals surface area (Å²) in [6, 6.07) is 6.34. The van der Waals surface area contributed by atoms with E-state index >= 15 is 0 Å². The van der Waals surface area contributed by atoms with Crippen molar-refractivity contribution in [3.8, 4) is 5.75 Å². The van der Waals surface area contributed by atoms with Gasteiger partial charge in [0.1, 0.15) is 5.75 Å². The van der Waals surface area contributed by atoms with E-state index in [9.17, 15) is 0 Å². The second kappa shape index (κ2) is 7.73. The van der Waals surface area contributed by atoms with E-state index in [4.69, 9.17) is 10.5 Å². The Morgan fingerprint density at radius 2 is 1.95 bits per heavy atom. The number of nitrogens with two attached hydrogens (primary N) is 1. The van der Waals surface area contributed by atoms with Crippen molar-refractivity contribution in [1.29, 1.82) is 0 Å². The second-order valence-electron chi connectivity index (χ2n) is 5.84. The third-order valence-corrected chi connectivity index (χ3v) is 3.16. The first kappa shape index (κ1) is 18.2. The molecule has 1 aromatic carbocycles. The van der Waals surface area contributed by atoms with E-state index < -0.39 is 0 Å². The molecule has 4 heteroatoms. The van der Waals surface area contributed by atoms with Crippen molar-refractivity contribution in [1.82, 2.24) is 4.90 Å². The van der Waals surface area contributed by atoms with Crippen molar-refractivity contribution in [2.45, 2.75) is 27.3 Å². The van der Waals surface area contributed by atoms with Crippen molar-refractivity contribution in [3.05, 3.63) is 29.3 Å². The summed E-state index contributed by atoms with van der Waals surface area (Å²) in [4.78, 5) is 2.31. The van der Waals surface area contributed by atoms with Crippen LogP contribution in [-0.2, 0) is 6.54 Å². The molecule has 0 saturated carbocycles. The molecule has 3 nitrogen and oxygen atoms in total. The van der Waals surface area contributed by atoms with Crippen molar-refractivity contribution >= 4 is 12.4 Å². The Morgan fingerprint density at radius 3 is 2.42 bits per heavy atom. The molecule has 2 N–H and O–H groups in total. The van der Waals surface area contributed by atoms with Crippen molar-refractivity contribution < 1.29 is 4.74 Å². The molecule has 0 aliphatic rings. The van der Waals surface area contributed by atoms with Crippen LogP contribution in [0.1, 0.15) is 25.0 Å². The van der Waals surface area contributed by atoms with Crippen molar-refractivity contribution in [3.63, 3.8) is 0 Å². The lowest BCUT2D eigenvalue weighted by Crippen LogP contribution is -2.36. The lowest BCUT2D eigenvalue weighted by atomic mass is 9.93. The predicted molar refractivity (Wildman–Crippen MR) is 84.1 cm³/mol. The molecule has 0 aliphatic heterocycles. The van der Waals surface area contributed by atoms with Crippen LogP contribution in [0.25, 0.3) is 0 Å². The van der Waals surface area contributed by atoms with E-state index in [1.54, 1.807) is 7.11 Å². The zero-order chi connectivity index (χ0) is 13.8. The van der Waals surface area contributed by atoms with Gasteiger partial charge in [-0.15, -0.1) is 12.4 Å². The molecule has 19 heavy (non-hydrogen) atoms. The quantitative estimate of drug-likeness (QED) is 0.874. The summed E-state index contributed by atoms with van der Waals surface area (Å²) in [6.07, 6.45) is 0. The molecule has 0 saturated heterocycles. The molecule has 0 spiro atoms. The monoisotopic (exact) mass is 286 g/mol. The first-order chi connectivity index (χ1) is 8.38. The van der Waals surface area contributed by atoms with E-state index in [0.29, 0.717) is 6.54 Å². The number of rotatable bonds is 6. The van der Waals surface area contributed by atoms with E-state index in [1.807, 2.05) is 6.07 Å². The van der Waals surface area contributed by atoms with Gasteiger partial charge in [-0.25, -0.2) is 0 Å². The maximum atomic E-state index is 5.77. The van der Waals surface area contributed by atoms with Crippen LogP contribution in [0.3, 0.4) is 0 Å². The van der Waals surface area contributed by atoms with E-state index in [2.05, 4.69) is 44.9 Å². The molecule has 0 heterocycles. The molecule has 0 aromatic heterocycles. The number of benzene rings is 1. The fourth-order valence-corrected chi connectivity index (χ4v) is 2.20. The Hall–Kier alpha value is -0.770. The van der Waals surface area contributed by atoms with Gasteiger partial charge in [-0.1, -0.05) is 26.0 Å². The highest BCUT2D eigenvalue weighted by atomic mass is 35.5. The van der Waals surface area contributed by atoms with Gasteiger partial charge in [0, 0.05) is 13.1 Å². The Bertz CT molecular complexity index is 394. The number of aryl methyl sites for hydroxylation is 1. The summed E-state index contributed by atoms with van der Waals surface area (Å²) < 4.78 is 5.27. The topological polar surface area (TPSA) is 38.5 Å². The van der Waals surface area contributed by atoms with Crippen LogP contribution in [0.4, 0.5) is 0 Å². The number of hydrogen-bond acceptors (Lipinski definition) is 3. The maximum Gasteiger partial charge on any atom is 0.121 e. The Kier molecular flexibility index (Phi) is 7.42. The third-order valence-electron chi connectivity index (χ3n) is 3.16. The highest BCUT2D eigenvalue weighted by Gasteiger charge is 2.18. The zero-order valence-corrected chi connectivity index (χ0v) is 13.5. The van der Waals surface area contributed by atoms with Crippen LogP contribution in [0.2, 0.25) is 0 Å². The molecule has 1 rings (SSSR count). The van der Waals surface area contributed by atoms with Gasteiger partial charge in [0.15, 0.2) is 0 Å². The summed E-state index contributed by atoms with van der Waals surface area (Å²) in [6.45, 7) is 9.11. The van der Waals surface area contributed by atoms with Gasteiger partial charge in [0.25, 0.3) is 0 Å². The minimum atomic E-state index is 0. The fraction of sp³-hybridized carbons (Fsp3) is 0.600. The second-order valence-corrected chi connectivity index (χ2v) is 5.84. The smallest absolute Gasteiger partial charge is 0.121 e. The third kappa shape index (κ3) is 5.81. The van der Waals surface area contributed by atoms with Gasteiger partial charge in [-0.2, -0.15) is 0 Å². The first-order valence-electron chi connectivity index (χ1n) is 6.40. The molecule has 0 bridgehead atoms. The summed E-state index contributed by atoms with van der Waals surface area (Å²) >= 11 is 0. The number of hydrogen-bond donors (Lipinski definition) is 1. The van der Waals surface area contributed by atoms with Gasteiger partial charge in [-0.05, 0) is 43.1 Å². The summed E-state index contributed by atoms with van der Waals surface area (Å²) in [5.41, 5.74) is 8.42. The summed E-state index contributed by atoms with van der Waals surface area (Å²) in [5, 5.41) is 0. The van der Waals surface area contributed by atoms with Crippen LogP contribution in [0.5, 0.6) is 5.75 Å². The average Bonchev–Trinajstić information content (AvgIpc) is 2.28. The molecule has 0 amide bonds. The lowest BCUT2D eigenvalue weighted by molar-refractivity contribution is 0.210. The molecule has 0 atom stereocenters. The number of ether oxygens (including phenoxy) is 1. The van der Waals surface area contributed by atoms with Crippen LogP contribution in [0.15, 0.2) is 18.2 Å². The SMILES string of the molecule is COc1ccc(CN(C)CC(C)(C)CN)cc1C.Cl. The van der Waals surface area contributed by atoms with Crippen LogP contribution in [-0.4, -0.2) is 32.1 Å². The summed E-state index contributed by atoms with van der Waals surface area (Å²) in [7, 11) is 3.84. The maximum absolute atomic E-state index is 5.77.